The minimum Gasteiger partial charge on any atom is -0.478 e. The number of aryl methyl sites for hydroxylation is 1. The molecule has 0 bridgehead atoms. The third-order valence-electron chi connectivity index (χ3n) is 5.87. The van der Waals surface area contributed by atoms with Gasteiger partial charge in [-0.05, 0) is 62.5 Å². The van der Waals surface area contributed by atoms with Gasteiger partial charge in [0, 0.05) is 18.5 Å². The summed E-state index contributed by atoms with van der Waals surface area (Å²) in [5.74, 6) is 0.123. The Kier molecular flexibility index (Phi) is 5.77. The molecular formula is C21H29NO3. The Morgan fingerprint density at radius 3 is 2.20 bits per heavy atom. The van der Waals surface area contributed by atoms with Gasteiger partial charge >= 0.3 is 5.97 Å². The lowest BCUT2D eigenvalue weighted by Crippen LogP contribution is -2.44. The average molecular weight is 343 g/mol. The number of carboxylic acids is 1. The highest BCUT2D eigenvalue weighted by Crippen LogP contribution is 2.36. The van der Waals surface area contributed by atoms with Crippen molar-refractivity contribution in [2.45, 2.75) is 76.8 Å². The SMILES string of the molecule is CCC1CCC(N(C(=O)CCc2ccccc2C(=O)O)C2CC2)CC1. The maximum atomic E-state index is 12.9. The highest BCUT2D eigenvalue weighted by Gasteiger charge is 2.38. The van der Waals surface area contributed by atoms with Crippen LogP contribution in [-0.4, -0.2) is 34.0 Å². The number of amides is 1. The highest BCUT2D eigenvalue weighted by molar-refractivity contribution is 5.89. The Bertz CT molecular complexity index is 615. The molecule has 2 saturated carbocycles. The fraction of sp³-hybridized carbons (Fsp3) is 0.619. The summed E-state index contributed by atoms with van der Waals surface area (Å²) in [6.45, 7) is 2.26. The zero-order valence-corrected chi connectivity index (χ0v) is 15.1. The van der Waals surface area contributed by atoms with E-state index in [0.717, 1.165) is 37.2 Å². The van der Waals surface area contributed by atoms with Crippen LogP contribution >= 0.6 is 0 Å². The van der Waals surface area contributed by atoms with Crippen LogP contribution in [0.2, 0.25) is 0 Å². The lowest BCUT2D eigenvalue weighted by atomic mass is 9.83. The zero-order valence-electron chi connectivity index (χ0n) is 15.1. The Labute approximate surface area is 150 Å². The standard InChI is InChI=1S/C21H29NO3/c1-2-15-7-10-17(11-8-15)22(18-12-13-18)20(23)14-9-16-5-3-4-6-19(16)21(24)25/h3-6,15,17-18H,2,7-14H2,1H3,(H,24,25). The van der Waals surface area contributed by atoms with Crippen molar-refractivity contribution < 1.29 is 14.7 Å². The van der Waals surface area contributed by atoms with Crippen molar-refractivity contribution in [1.29, 1.82) is 0 Å². The first-order valence-electron chi connectivity index (χ1n) is 9.72. The fourth-order valence-corrected chi connectivity index (χ4v) is 4.21. The molecular weight excluding hydrogens is 314 g/mol. The molecule has 1 aromatic rings. The zero-order chi connectivity index (χ0) is 17.8. The van der Waals surface area contributed by atoms with E-state index < -0.39 is 5.97 Å². The molecule has 0 saturated heterocycles. The van der Waals surface area contributed by atoms with Crippen LogP contribution in [0.1, 0.15) is 74.2 Å². The monoisotopic (exact) mass is 343 g/mol. The number of hydrogen-bond acceptors (Lipinski definition) is 2. The second-order valence-electron chi connectivity index (χ2n) is 7.58. The molecule has 0 atom stereocenters. The van der Waals surface area contributed by atoms with E-state index in [-0.39, 0.29) is 5.91 Å². The van der Waals surface area contributed by atoms with Crippen LogP contribution in [-0.2, 0) is 11.2 Å². The second kappa shape index (κ2) is 8.03. The molecule has 4 heteroatoms. The van der Waals surface area contributed by atoms with Gasteiger partial charge in [0.15, 0.2) is 0 Å². The van der Waals surface area contributed by atoms with Crippen LogP contribution < -0.4 is 0 Å². The van der Waals surface area contributed by atoms with E-state index in [1.807, 2.05) is 12.1 Å². The van der Waals surface area contributed by atoms with E-state index in [4.69, 9.17) is 0 Å². The Hall–Kier alpha value is -1.84. The smallest absolute Gasteiger partial charge is 0.335 e. The van der Waals surface area contributed by atoms with Crippen molar-refractivity contribution in [3.05, 3.63) is 35.4 Å². The molecule has 2 aliphatic carbocycles. The molecule has 0 unspecified atom stereocenters. The van der Waals surface area contributed by atoms with Crippen molar-refractivity contribution >= 4 is 11.9 Å². The predicted molar refractivity (Wildman–Crippen MR) is 97.6 cm³/mol. The fourth-order valence-electron chi connectivity index (χ4n) is 4.21. The van der Waals surface area contributed by atoms with Gasteiger partial charge in [-0.25, -0.2) is 4.79 Å². The lowest BCUT2D eigenvalue weighted by Gasteiger charge is -2.37. The normalized spacial score (nSPS) is 23.2. The predicted octanol–water partition coefficient (Wildman–Crippen LogP) is 4.28. The molecule has 0 aliphatic heterocycles. The third kappa shape index (κ3) is 4.42. The van der Waals surface area contributed by atoms with Gasteiger partial charge in [-0.1, -0.05) is 31.5 Å². The molecule has 0 heterocycles. The number of carboxylic acid groups (broad SMARTS) is 1. The maximum Gasteiger partial charge on any atom is 0.335 e. The van der Waals surface area contributed by atoms with Crippen LogP contribution in [0.4, 0.5) is 0 Å². The van der Waals surface area contributed by atoms with Gasteiger partial charge < -0.3 is 10.0 Å². The van der Waals surface area contributed by atoms with Crippen molar-refractivity contribution in [3.63, 3.8) is 0 Å². The number of aromatic carboxylic acids is 1. The Balaban J connectivity index is 1.62. The number of nitrogens with zero attached hydrogens (tertiary/aromatic N) is 1. The van der Waals surface area contributed by atoms with E-state index >= 15 is 0 Å². The third-order valence-corrected chi connectivity index (χ3v) is 5.87. The molecule has 2 aliphatic rings. The Morgan fingerprint density at radius 1 is 1.04 bits per heavy atom. The van der Waals surface area contributed by atoms with Gasteiger partial charge in [0.1, 0.15) is 0 Å². The summed E-state index contributed by atoms with van der Waals surface area (Å²) in [6.07, 6.45) is 9.16. The van der Waals surface area contributed by atoms with Crippen molar-refractivity contribution in [2.24, 2.45) is 5.92 Å². The van der Waals surface area contributed by atoms with E-state index in [9.17, 15) is 14.7 Å². The van der Waals surface area contributed by atoms with E-state index in [2.05, 4.69) is 11.8 Å². The number of hydrogen-bond donors (Lipinski definition) is 1. The first kappa shape index (κ1) is 18.0. The number of rotatable bonds is 7. The topological polar surface area (TPSA) is 57.6 Å². The molecule has 1 N–H and O–H groups in total. The lowest BCUT2D eigenvalue weighted by molar-refractivity contribution is -0.135. The molecule has 4 nitrogen and oxygen atoms in total. The van der Waals surface area contributed by atoms with Gasteiger partial charge in [-0.2, -0.15) is 0 Å². The summed E-state index contributed by atoms with van der Waals surface area (Å²) in [5, 5.41) is 9.30. The summed E-state index contributed by atoms with van der Waals surface area (Å²) in [6, 6.07) is 7.86. The van der Waals surface area contributed by atoms with Gasteiger partial charge in [-0.15, -0.1) is 0 Å². The van der Waals surface area contributed by atoms with E-state index in [0.29, 0.717) is 30.5 Å². The van der Waals surface area contributed by atoms with E-state index in [1.54, 1.807) is 12.1 Å². The summed E-state index contributed by atoms with van der Waals surface area (Å²) in [7, 11) is 0. The molecule has 1 amide bonds. The minimum atomic E-state index is -0.917. The molecule has 0 aromatic heterocycles. The summed E-state index contributed by atoms with van der Waals surface area (Å²) in [5.41, 5.74) is 1.07. The average Bonchev–Trinajstić information content (AvgIpc) is 3.46. The number of carbonyl (C=O) groups excluding carboxylic acids is 1. The minimum absolute atomic E-state index is 0.211. The number of carbonyl (C=O) groups is 2. The Morgan fingerprint density at radius 2 is 1.64 bits per heavy atom. The second-order valence-corrected chi connectivity index (χ2v) is 7.58. The molecule has 136 valence electrons. The number of benzene rings is 1. The van der Waals surface area contributed by atoms with Gasteiger partial charge in [0.05, 0.1) is 5.56 Å². The van der Waals surface area contributed by atoms with Gasteiger partial charge in [0.25, 0.3) is 0 Å². The van der Waals surface area contributed by atoms with Crippen LogP contribution in [0, 0.1) is 5.92 Å². The molecule has 0 radical (unpaired) electrons. The first-order chi connectivity index (χ1) is 12.1. The molecule has 1 aromatic carbocycles. The van der Waals surface area contributed by atoms with Crippen LogP contribution in [0.15, 0.2) is 24.3 Å². The van der Waals surface area contributed by atoms with Crippen LogP contribution in [0.25, 0.3) is 0 Å². The summed E-state index contributed by atoms with van der Waals surface area (Å²) < 4.78 is 0. The van der Waals surface area contributed by atoms with E-state index in [1.165, 1.54) is 19.3 Å². The van der Waals surface area contributed by atoms with Crippen molar-refractivity contribution in [3.8, 4) is 0 Å². The molecule has 25 heavy (non-hydrogen) atoms. The van der Waals surface area contributed by atoms with Crippen LogP contribution in [0.3, 0.4) is 0 Å². The quantitative estimate of drug-likeness (QED) is 0.804. The highest BCUT2D eigenvalue weighted by atomic mass is 16.4. The first-order valence-corrected chi connectivity index (χ1v) is 9.72. The maximum absolute atomic E-state index is 12.9. The van der Waals surface area contributed by atoms with Crippen LogP contribution in [0.5, 0.6) is 0 Å². The van der Waals surface area contributed by atoms with Crippen molar-refractivity contribution in [2.75, 3.05) is 0 Å². The summed E-state index contributed by atoms with van der Waals surface area (Å²) >= 11 is 0. The largest absolute Gasteiger partial charge is 0.478 e. The van der Waals surface area contributed by atoms with Crippen molar-refractivity contribution in [1.82, 2.24) is 4.90 Å². The summed E-state index contributed by atoms with van der Waals surface area (Å²) in [4.78, 5) is 26.4. The molecule has 2 fully saturated rings. The molecule has 3 rings (SSSR count). The van der Waals surface area contributed by atoms with Gasteiger partial charge in [-0.3, -0.25) is 4.79 Å². The van der Waals surface area contributed by atoms with Gasteiger partial charge in [0.2, 0.25) is 5.91 Å². The molecule has 0 spiro atoms.